The molecule has 2 aromatic rings. The van der Waals surface area contributed by atoms with Crippen molar-refractivity contribution < 1.29 is 9.53 Å². The number of aryl methyl sites for hydroxylation is 1. The molecule has 0 N–H and O–H groups in total. The summed E-state index contributed by atoms with van der Waals surface area (Å²) in [5, 5.41) is 0.673. The first-order valence-corrected chi connectivity index (χ1v) is 7.67. The van der Waals surface area contributed by atoms with Gasteiger partial charge < -0.3 is 9.64 Å². The summed E-state index contributed by atoms with van der Waals surface area (Å²) in [6, 6.07) is 15.3. The SMILES string of the molecule is CCc1ccccc1OCC(=O)N(C)Cc1cccc(Cl)c1. The van der Waals surface area contributed by atoms with Crippen LogP contribution in [-0.2, 0) is 17.8 Å². The second-order valence-corrected chi connectivity index (χ2v) is 5.57. The second-order valence-electron chi connectivity index (χ2n) is 5.13. The van der Waals surface area contributed by atoms with Crippen molar-refractivity contribution in [1.29, 1.82) is 0 Å². The van der Waals surface area contributed by atoms with Gasteiger partial charge in [-0.15, -0.1) is 0 Å². The van der Waals surface area contributed by atoms with Gasteiger partial charge in [-0.1, -0.05) is 48.9 Å². The fourth-order valence-electron chi connectivity index (χ4n) is 2.18. The summed E-state index contributed by atoms with van der Waals surface area (Å²) in [4.78, 5) is 13.8. The average molecular weight is 318 g/mol. The molecule has 0 atom stereocenters. The number of carbonyl (C=O) groups excluding carboxylic acids is 1. The first-order valence-electron chi connectivity index (χ1n) is 7.29. The van der Waals surface area contributed by atoms with E-state index in [1.165, 1.54) is 0 Å². The zero-order valence-corrected chi connectivity index (χ0v) is 13.6. The number of ether oxygens (including phenoxy) is 1. The van der Waals surface area contributed by atoms with Crippen molar-refractivity contribution in [2.75, 3.05) is 13.7 Å². The van der Waals surface area contributed by atoms with Gasteiger partial charge in [-0.2, -0.15) is 0 Å². The highest BCUT2D eigenvalue weighted by atomic mass is 35.5. The van der Waals surface area contributed by atoms with Gasteiger partial charge in [0.05, 0.1) is 0 Å². The molecule has 4 heteroatoms. The van der Waals surface area contributed by atoms with Crippen molar-refractivity contribution in [1.82, 2.24) is 4.90 Å². The summed E-state index contributed by atoms with van der Waals surface area (Å²) in [7, 11) is 1.76. The summed E-state index contributed by atoms with van der Waals surface area (Å²) < 4.78 is 5.66. The minimum absolute atomic E-state index is 0.0358. The zero-order chi connectivity index (χ0) is 15.9. The number of benzene rings is 2. The molecular weight excluding hydrogens is 298 g/mol. The molecule has 0 bridgehead atoms. The normalized spacial score (nSPS) is 10.3. The highest BCUT2D eigenvalue weighted by molar-refractivity contribution is 6.30. The number of halogens is 1. The van der Waals surface area contributed by atoms with Crippen molar-refractivity contribution in [2.24, 2.45) is 0 Å². The van der Waals surface area contributed by atoms with Gasteiger partial charge in [0.2, 0.25) is 0 Å². The van der Waals surface area contributed by atoms with E-state index in [1.807, 2.05) is 48.5 Å². The van der Waals surface area contributed by atoms with E-state index in [1.54, 1.807) is 11.9 Å². The lowest BCUT2D eigenvalue weighted by atomic mass is 10.1. The van der Waals surface area contributed by atoms with E-state index in [9.17, 15) is 4.79 Å². The molecule has 2 rings (SSSR count). The molecule has 0 spiro atoms. The van der Waals surface area contributed by atoms with Crippen LogP contribution in [0.3, 0.4) is 0 Å². The van der Waals surface area contributed by atoms with E-state index in [4.69, 9.17) is 16.3 Å². The molecule has 0 saturated carbocycles. The van der Waals surface area contributed by atoms with Crippen molar-refractivity contribution in [3.8, 4) is 5.75 Å². The van der Waals surface area contributed by atoms with Crippen molar-refractivity contribution in [3.63, 3.8) is 0 Å². The van der Waals surface area contributed by atoms with Crippen LogP contribution < -0.4 is 4.74 Å². The van der Waals surface area contributed by atoms with E-state index >= 15 is 0 Å². The Morgan fingerprint density at radius 3 is 2.68 bits per heavy atom. The van der Waals surface area contributed by atoms with Crippen LogP contribution in [0.15, 0.2) is 48.5 Å². The number of nitrogens with zero attached hydrogens (tertiary/aromatic N) is 1. The van der Waals surface area contributed by atoms with E-state index in [0.29, 0.717) is 11.6 Å². The van der Waals surface area contributed by atoms with Gasteiger partial charge in [-0.3, -0.25) is 4.79 Å². The predicted molar refractivity (Wildman–Crippen MR) is 89.2 cm³/mol. The van der Waals surface area contributed by atoms with Crippen molar-refractivity contribution >= 4 is 17.5 Å². The van der Waals surface area contributed by atoms with E-state index < -0.39 is 0 Å². The third-order valence-electron chi connectivity index (χ3n) is 3.44. The number of carbonyl (C=O) groups is 1. The number of amides is 1. The monoisotopic (exact) mass is 317 g/mol. The summed E-state index contributed by atoms with van der Waals surface area (Å²) in [6.45, 7) is 2.61. The van der Waals surface area contributed by atoms with Crippen molar-refractivity contribution in [2.45, 2.75) is 19.9 Å². The Morgan fingerprint density at radius 1 is 1.18 bits per heavy atom. The van der Waals surface area contributed by atoms with Gasteiger partial charge in [0.15, 0.2) is 6.61 Å². The van der Waals surface area contributed by atoms with Crippen LogP contribution in [0.2, 0.25) is 5.02 Å². The molecule has 0 radical (unpaired) electrons. The molecule has 0 unspecified atom stereocenters. The molecule has 0 aliphatic carbocycles. The van der Waals surface area contributed by atoms with E-state index in [2.05, 4.69) is 6.92 Å². The molecule has 0 heterocycles. The summed E-state index contributed by atoms with van der Waals surface area (Å²) in [6.07, 6.45) is 0.878. The van der Waals surface area contributed by atoms with Gasteiger partial charge in [0.1, 0.15) is 5.75 Å². The third kappa shape index (κ3) is 4.50. The van der Waals surface area contributed by atoms with Crippen LogP contribution in [0.4, 0.5) is 0 Å². The zero-order valence-electron chi connectivity index (χ0n) is 12.9. The molecule has 0 fully saturated rings. The second kappa shape index (κ2) is 7.85. The van der Waals surface area contributed by atoms with Crippen LogP contribution in [0.1, 0.15) is 18.1 Å². The highest BCUT2D eigenvalue weighted by Gasteiger charge is 2.11. The van der Waals surface area contributed by atoms with Crippen LogP contribution in [0, 0.1) is 0 Å². The molecule has 1 amide bonds. The molecule has 116 valence electrons. The van der Waals surface area contributed by atoms with Crippen LogP contribution in [0.5, 0.6) is 5.75 Å². The van der Waals surface area contributed by atoms with Crippen LogP contribution >= 0.6 is 11.6 Å². The smallest absolute Gasteiger partial charge is 0.260 e. The number of para-hydroxylation sites is 1. The number of rotatable bonds is 6. The fourth-order valence-corrected chi connectivity index (χ4v) is 2.40. The molecule has 0 saturated heterocycles. The Kier molecular flexibility index (Phi) is 5.84. The quantitative estimate of drug-likeness (QED) is 0.807. The summed E-state index contributed by atoms with van der Waals surface area (Å²) in [5.41, 5.74) is 2.10. The highest BCUT2D eigenvalue weighted by Crippen LogP contribution is 2.18. The molecule has 0 aromatic heterocycles. The molecule has 22 heavy (non-hydrogen) atoms. The Hall–Kier alpha value is -2.00. The van der Waals surface area contributed by atoms with Gasteiger partial charge >= 0.3 is 0 Å². The Bertz CT molecular complexity index is 642. The first kappa shape index (κ1) is 16.4. The van der Waals surface area contributed by atoms with Gasteiger partial charge in [0.25, 0.3) is 5.91 Å². The molecular formula is C18H20ClNO2. The predicted octanol–water partition coefficient (Wildman–Crippen LogP) is 3.94. The maximum absolute atomic E-state index is 12.2. The Labute approximate surface area is 136 Å². The minimum Gasteiger partial charge on any atom is -0.483 e. The van der Waals surface area contributed by atoms with Crippen molar-refractivity contribution in [3.05, 3.63) is 64.7 Å². The lowest BCUT2D eigenvalue weighted by Crippen LogP contribution is -2.31. The fraction of sp³-hybridized carbons (Fsp3) is 0.278. The maximum Gasteiger partial charge on any atom is 0.260 e. The van der Waals surface area contributed by atoms with Gasteiger partial charge in [-0.25, -0.2) is 0 Å². The minimum atomic E-state index is -0.0640. The third-order valence-corrected chi connectivity index (χ3v) is 3.67. The average Bonchev–Trinajstić information content (AvgIpc) is 2.52. The number of hydrogen-bond donors (Lipinski definition) is 0. The summed E-state index contributed by atoms with van der Waals surface area (Å²) in [5.74, 6) is 0.709. The lowest BCUT2D eigenvalue weighted by Gasteiger charge is -2.18. The van der Waals surface area contributed by atoms with E-state index in [0.717, 1.165) is 23.3 Å². The summed E-state index contributed by atoms with van der Waals surface area (Å²) >= 11 is 5.95. The van der Waals surface area contributed by atoms with E-state index in [-0.39, 0.29) is 12.5 Å². The largest absolute Gasteiger partial charge is 0.483 e. The van der Waals surface area contributed by atoms with Crippen LogP contribution in [0.25, 0.3) is 0 Å². The first-order chi connectivity index (χ1) is 10.6. The molecule has 3 nitrogen and oxygen atoms in total. The van der Waals surface area contributed by atoms with Gasteiger partial charge in [-0.05, 0) is 35.7 Å². The van der Waals surface area contributed by atoms with Gasteiger partial charge in [0, 0.05) is 18.6 Å². The Balaban J connectivity index is 1.91. The molecule has 0 aliphatic rings. The molecule has 2 aromatic carbocycles. The van der Waals surface area contributed by atoms with Crippen LogP contribution in [-0.4, -0.2) is 24.5 Å². The number of hydrogen-bond acceptors (Lipinski definition) is 2. The lowest BCUT2D eigenvalue weighted by molar-refractivity contribution is -0.132. The Morgan fingerprint density at radius 2 is 1.95 bits per heavy atom. The standard InChI is InChI=1S/C18H20ClNO2/c1-3-15-8-4-5-10-17(15)22-13-18(21)20(2)12-14-7-6-9-16(19)11-14/h4-11H,3,12-13H2,1-2H3. The number of likely N-dealkylation sites (N-methyl/N-ethyl adjacent to an activating group) is 1. The topological polar surface area (TPSA) is 29.5 Å². The maximum atomic E-state index is 12.2. The molecule has 0 aliphatic heterocycles.